The summed E-state index contributed by atoms with van der Waals surface area (Å²) in [4.78, 5) is 35.5. The van der Waals surface area contributed by atoms with Gasteiger partial charge in [0.15, 0.2) is 0 Å². The van der Waals surface area contributed by atoms with E-state index in [1.807, 2.05) is 0 Å². The minimum absolute atomic E-state index is 0.104. The van der Waals surface area contributed by atoms with Gasteiger partial charge in [0.1, 0.15) is 0 Å². The van der Waals surface area contributed by atoms with Crippen molar-refractivity contribution in [3.63, 3.8) is 0 Å². The van der Waals surface area contributed by atoms with Crippen LogP contribution in [-0.2, 0) is 4.79 Å². The summed E-state index contributed by atoms with van der Waals surface area (Å²) in [6, 6.07) is 4.23. The van der Waals surface area contributed by atoms with Crippen LogP contribution in [-0.4, -0.2) is 43.4 Å². The van der Waals surface area contributed by atoms with Gasteiger partial charge in [0, 0.05) is 25.3 Å². The molecule has 7 heteroatoms. The third-order valence-corrected chi connectivity index (χ3v) is 2.67. The molecular weight excluding hydrogens is 260 g/mol. The largest absolute Gasteiger partial charge is 0.366 e. The quantitative estimate of drug-likeness (QED) is 0.737. The Hall–Kier alpha value is -2.57. The zero-order chi connectivity index (χ0) is 15.3. The van der Waals surface area contributed by atoms with Crippen LogP contribution in [0.4, 0.5) is 10.5 Å². The fourth-order valence-electron chi connectivity index (χ4n) is 1.39. The predicted octanol–water partition coefficient (Wildman–Crippen LogP) is 0.304. The van der Waals surface area contributed by atoms with Gasteiger partial charge in [-0.15, -0.1) is 0 Å². The van der Waals surface area contributed by atoms with Crippen molar-refractivity contribution in [3.8, 4) is 0 Å². The number of benzene rings is 1. The lowest BCUT2D eigenvalue weighted by Gasteiger charge is -2.13. The summed E-state index contributed by atoms with van der Waals surface area (Å²) in [6.45, 7) is 1.68. The number of carbonyl (C=O) groups is 3. The summed E-state index contributed by atoms with van der Waals surface area (Å²) < 4.78 is 0. The molecule has 0 bridgehead atoms. The second-order valence-corrected chi connectivity index (χ2v) is 4.49. The molecule has 0 spiro atoms. The van der Waals surface area contributed by atoms with Crippen LogP contribution in [0, 0.1) is 6.92 Å². The highest BCUT2D eigenvalue weighted by Gasteiger charge is 2.10. The van der Waals surface area contributed by atoms with Crippen molar-refractivity contribution < 1.29 is 14.4 Å². The van der Waals surface area contributed by atoms with E-state index < -0.39 is 11.9 Å². The smallest absolute Gasteiger partial charge is 0.319 e. The Morgan fingerprint density at radius 1 is 1.25 bits per heavy atom. The Balaban J connectivity index is 2.68. The van der Waals surface area contributed by atoms with Gasteiger partial charge >= 0.3 is 6.03 Å². The Morgan fingerprint density at radius 2 is 1.90 bits per heavy atom. The number of nitrogens with one attached hydrogen (secondary N) is 2. The zero-order valence-electron chi connectivity index (χ0n) is 11.7. The molecule has 0 aliphatic rings. The minimum atomic E-state index is -0.573. The lowest BCUT2D eigenvalue weighted by Crippen LogP contribution is -2.38. The van der Waals surface area contributed by atoms with Crippen LogP contribution in [0.5, 0.6) is 0 Å². The van der Waals surface area contributed by atoms with Crippen LogP contribution in [0.15, 0.2) is 18.2 Å². The molecule has 0 heterocycles. The summed E-state index contributed by atoms with van der Waals surface area (Å²) in [5, 5.41) is 5.00. The fraction of sp³-hybridized carbons (Fsp3) is 0.308. The van der Waals surface area contributed by atoms with Crippen LogP contribution >= 0.6 is 0 Å². The lowest BCUT2D eigenvalue weighted by molar-refractivity contribution is -0.127. The van der Waals surface area contributed by atoms with Crippen LogP contribution < -0.4 is 16.4 Å². The second-order valence-electron chi connectivity index (χ2n) is 4.49. The van der Waals surface area contributed by atoms with Crippen LogP contribution in [0.3, 0.4) is 0 Å². The monoisotopic (exact) mass is 278 g/mol. The average Bonchev–Trinajstić information content (AvgIpc) is 2.38. The van der Waals surface area contributed by atoms with Gasteiger partial charge in [-0.3, -0.25) is 9.59 Å². The molecule has 4 amide bonds. The molecule has 4 N–H and O–H groups in total. The summed E-state index contributed by atoms with van der Waals surface area (Å²) in [6.07, 6.45) is 0. The Kier molecular flexibility index (Phi) is 5.08. The highest BCUT2D eigenvalue weighted by Crippen LogP contribution is 2.16. The van der Waals surface area contributed by atoms with Crippen molar-refractivity contribution in [2.24, 2.45) is 5.73 Å². The first-order chi connectivity index (χ1) is 9.31. The van der Waals surface area contributed by atoms with Crippen LogP contribution in [0.1, 0.15) is 15.9 Å². The van der Waals surface area contributed by atoms with E-state index in [9.17, 15) is 14.4 Å². The fourth-order valence-corrected chi connectivity index (χ4v) is 1.39. The molecule has 0 radical (unpaired) electrons. The number of urea groups is 1. The molecule has 0 aromatic heterocycles. The molecular formula is C13H18N4O3. The number of anilines is 1. The lowest BCUT2D eigenvalue weighted by atomic mass is 10.1. The van der Waals surface area contributed by atoms with Crippen molar-refractivity contribution in [2.45, 2.75) is 6.92 Å². The molecule has 0 unspecified atom stereocenters. The topological polar surface area (TPSA) is 105 Å². The Labute approximate surface area is 117 Å². The molecule has 1 aromatic carbocycles. The van der Waals surface area contributed by atoms with Gasteiger partial charge in [-0.2, -0.15) is 0 Å². The second kappa shape index (κ2) is 6.55. The van der Waals surface area contributed by atoms with Gasteiger partial charge in [-0.05, 0) is 24.6 Å². The maximum atomic E-state index is 11.7. The SMILES string of the molecule is Cc1ccc(C(N)=O)cc1NC(=O)NCC(=O)N(C)C. The van der Waals surface area contributed by atoms with E-state index in [4.69, 9.17) is 5.73 Å². The molecule has 0 saturated carbocycles. The number of amides is 4. The third-order valence-electron chi connectivity index (χ3n) is 2.67. The minimum Gasteiger partial charge on any atom is -0.366 e. The first-order valence-electron chi connectivity index (χ1n) is 5.96. The predicted molar refractivity (Wildman–Crippen MR) is 75.4 cm³/mol. The van der Waals surface area contributed by atoms with Gasteiger partial charge in [-0.25, -0.2) is 4.79 Å². The van der Waals surface area contributed by atoms with E-state index in [-0.39, 0.29) is 12.5 Å². The third kappa shape index (κ3) is 4.27. The molecule has 1 rings (SSSR count). The molecule has 1 aromatic rings. The molecule has 0 fully saturated rings. The van der Waals surface area contributed by atoms with Crippen molar-refractivity contribution in [1.29, 1.82) is 0 Å². The van der Waals surface area contributed by atoms with Gasteiger partial charge in [0.05, 0.1) is 6.54 Å². The molecule has 20 heavy (non-hydrogen) atoms. The van der Waals surface area contributed by atoms with Gasteiger partial charge in [-0.1, -0.05) is 6.07 Å². The number of likely N-dealkylation sites (N-methyl/N-ethyl adjacent to an activating group) is 1. The number of carbonyl (C=O) groups excluding carboxylic acids is 3. The summed E-state index contributed by atoms with van der Waals surface area (Å²) in [5.74, 6) is -0.793. The zero-order valence-corrected chi connectivity index (χ0v) is 11.7. The highest BCUT2D eigenvalue weighted by molar-refractivity contribution is 5.97. The van der Waals surface area contributed by atoms with E-state index in [0.29, 0.717) is 11.3 Å². The van der Waals surface area contributed by atoms with E-state index in [1.165, 1.54) is 11.0 Å². The first-order valence-corrected chi connectivity index (χ1v) is 5.96. The molecule has 7 nitrogen and oxygen atoms in total. The van der Waals surface area contributed by atoms with Gasteiger partial charge < -0.3 is 21.3 Å². The Morgan fingerprint density at radius 3 is 2.45 bits per heavy atom. The van der Waals surface area contributed by atoms with Crippen LogP contribution in [0.2, 0.25) is 0 Å². The number of rotatable bonds is 4. The molecule has 108 valence electrons. The van der Waals surface area contributed by atoms with Crippen molar-refractivity contribution in [1.82, 2.24) is 10.2 Å². The molecule has 0 atom stereocenters. The summed E-state index contributed by atoms with van der Waals surface area (Å²) >= 11 is 0. The highest BCUT2D eigenvalue weighted by atomic mass is 16.2. The van der Waals surface area contributed by atoms with Crippen molar-refractivity contribution in [3.05, 3.63) is 29.3 Å². The number of primary amides is 1. The Bertz CT molecular complexity index is 540. The number of hydrogen-bond acceptors (Lipinski definition) is 3. The number of nitrogens with zero attached hydrogens (tertiary/aromatic N) is 1. The van der Waals surface area contributed by atoms with E-state index in [1.54, 1.807) is 33.2 Å². The van der Waals surface area contributed by atoms with Crippen LogP contribution in [0.25, 0.3) is 0 Å². The van der Waals surface area contributed by atoms with Crippen molar-refractivity contribution in [2.75, 3.05) is 26.0 Å². The van der Waals surface area contributed by atoms with Gasteiger partial charge in [0.2, 0.25) is 11.8 Å². The molecule has 0 aliphatic carbocycles. The standard InChI is InChI=1S/C13H18N4O3/c1-8-4-5-9(12(14)19)6-10(8)16-13(20)15-7-11(18)17(2)3/h4-6H,7H2,1-3H3,(H2,14,19)(H2,15,16,20). The maximum absolute atomic E-state index is 11.7. The van der Waals surface area contributed by atoms with E-state index in [0.717, 1.165) is 5.56 Å². The van der Waals surface area contributed by atoms with E-state index >= 15 is 0 Å². The van der Waals surface area contributed by atoms with Gasteiger partial charge in [0.25, 0.3) is 0 Å². The normalized spacial score (nSPS) is 9.75. The number of hydrogen-bond donors (Lipinski definition) is 3. The average molecular weight is 278 g/mol. The molecule has 0 aliphatic heterocycles. The number of nitrogens with two attached hydrogens (primary N) is 1. The maximum Gasteiger partial charge on any atom is 0.319 e. The first kappa shape index (κ1) is 15.5. The number of aryl methyl sites for hydroxylation is 1. The molecule has 0 saturated heterocycles. The van der Waals surface area contributed by atoms with Crippen molar-refractivity contribution >= 4 is 23.5 Å². The summed E-state index contributed by atoms with van der Waals surface area (Å²) in [5.41, 5.74) is 6.73. The summed E-state index contributed by atoms with van der Waals surface area (Å²) in [7, 11) is 3.20. The van der Waals surface area contributed by atoms with E-state index in [2.05, 4.69) is 10.6 Å².